The van der Waals surface area contributed by atoms with Gasteiger partial charge in [0.2, 0.25) is 5.91 Å². The van der Waals surface area contributed by atoms with Crippen LogP contribution in [0.15, 0.2) is 36.5 Å². The number of carbonyl (C=O) groups is 1. The maximum atomic E-state index is 12.4. The highest BCUT2D eigenvalue weighted by Crippen LogP contribution is 2.14. The molecule has 4 N–H and O–H groups in total. The summed E-state index contributed by atoms with van der Waals surface area (Å²) in [4.78, 5) is 12.4. The molecule has 3 atom stereocenters. The quantitative estimate of drug-likeness (QED) is 0.0334. The molecular formula is C39H73NO4. The van der Waals surface area contributed by atoms with Crippen LogP contribution >= 0.6 is 0 Å². The number of nitrogens with one attached hydrogen (secondary N) is 1. The number of hydrogen-bond acceptors (Lipinski definition) is 4. The van der Waals surface area contributed by atoms with Crippen LogP contribution in [0.25, 0.3) is 0 Å². The van der Waals surface area contributed by atoms with Crippen molar-refractivity contribution < 1.29 is 20.1 Å². The lowest BCUT2D eigenvalue weighted by molar-refractivity contribution is -0.124. The van der Waals surface area contributed by atoms with Crippen LogP contribution in [0.3, 0.4) is 0 Å². The van der Waals surface area contributed by atoms with E-state index >= 15 is 0 Å². The summed E-state index contributed by atoms with van der Waals surface area (Å²) in [7, 11) is 0. The van der Waals surface area contributed by atoms with Crippen LogP contribution in [0.2, 0.25) is 0 Å². The van der Waals surface area contributed by atoms with Gasteiger partial charge in [0.15, 0.2) is 0 Å². The molecule has 0 spiro atoms. The van der Waals surface area contributed by atoms with Crippen molar-refractivity contribution >= 4 is 5.91 Å². The molecule has 0 aromatic rings. The predicted octanol–water partition coefficient (Wildman–Crippen LogP) is 10.0. The van der Waals surface area contributed by atoms with Crippen LogP contribution in [0.1, 0.15) is 181 Å². The Labute approximate surface area is 273 Å². The van der Waals surface area contributed by atoms with Gasteiger partial charge in [-0.05, 0) is 44.9 Å². The number of allylic oxidation sites excluding steroid dienone is 5. The molecule has 0 radical (unpaired) electrons. The molecule has 0 bridgehead atoms. The molecule has 44 heavy (non-hydrogen) atoms. The van der Waals surface area contributed by atoms with Crippen molar-refractivity contribution in [1.82, 2.24) is 5.32 Å². The van der Waals surface area contributed by atoms with Crippen LogP contribution in [0, 0.1) is 0 Å². The fourth-order valence-corrected chi connectivity index (χ4v) is 5.50. The second-order valence-electron chi connectivity index (χ2n) is 12.9. The summed E-state index contributed by atoms with van der Waals surface area (Å²) in [5.41, 5.74) is 0. The van der Waals surface area contributed by atoms with E-state index in [4.69, 9.17) is 0 Å². The van der Waals surface area contributed by atoms with Crippen LogP contribution < -0.4 is 5.32 Å². The monoisotopic (exact) mass is 620 g/mol. The van der Waals surface area contributed by atoms with Gasteiger partial charge < -0.3 is 20.6 Å². The Bertz CT molecular complexity index is 690. The largest absolute Gasteiger partial charge is 0.394 e. The third kappa shape index (κ3) is 30.6. The Balaban J connectivity index is 3.77. The minimum Gasteiger partial charge on any atom is -0.394 e. The van der Waals surface area contributed by atoms with Crippen molar-refractivity contribution in [3.05, 3.63) is 36.5 Å². The molecule has 0 saturated carbocycles. The Kier molecular flexibility index (Phi) is 33.3. The Morgan fingerprint density at radius 2 is 1.00 bits per heavy atom. The summed E-state index contributed by atoms with van der Waals surface area (Å²) in [5.74, 6) is -0.330. The van der Waals surface area contributed by atoms with Gasteiger partial charge in [0.25, 0.3) is 0 Å². The second kappa shape index (κ2) is 34.4. The van der Waals surface area contributed by atoms with E-state index in [-0.39, 0.29) is 18.9 Å². The molecule has 0 aromatic heterocycles. The molecule has 0 fully saturated rings. The van der Waals surface area contributed by atoms with Crippen LogP contribution in [-0.2, 0) is 4.79 Å². The molecule has 0 heterocycles. The number of amides is 1. The molecule has 3 unspecified atom stereocenters. The highest BCUT2D eigenvalue weighted by atomic mass is 16.3. The zero-order chi connectivity index (χ0) is 32.4. The number of unbranched alkanes of at least 4 members (excludes halogenated alkanes) is 21. The molecule has 0 aliphatic carbocycles. The average Bonchev–Trinajstić information content (AvgIpc) is 3.01. The fraction of sp³-hybridized carbons (Fsp3) is 0.821. The molecule has 0 rings (SSSR count). The van der Waals surface area contributed by atoms with E-state index in [0.717, 1.165) is 51.4 Å². The molecule has 0 aliphatic rings. The van der Waals surface area contributed by atoms with Gasteiger partial charge in [-0.1, -0.05) is 166 Å². The SMILES string of the molecule is CCCCC/C=C\C=C/CCCCCCC(O)CC(=O)NC(CO)C(O)/C=C/CCCCCCCCCCCCCCCC. The van der Waals surface area contributed by atoms with Crippen molar-refractivity contribution in [2.45, 2.75) is 199 Å². The average molecular weight is 620 g/mol. The molecule has 5 nitrogen and oxygen atoms in total. The minimum absolute atomic E-state index is 0.000684. The summed E-state index contributed by atoms with van der Waals surface area (Å²) in [6.45, 7) is 4.16. The van der Waals surface area contributed by atoms with Crippen molar-refractivity contribution in [2.75, 3.05) is 6.61 Å². The standard InChI is InChI=1S/C39H73NO4/c1-3-5-7-9-11-13-15-17-18-19-21-23-25-27-29-31-33-38(43)37(35-41)40-39(44)34-36(42)32-30-28-26-24-22-20-16-14-12-10-8-6-4-2/h12,14,16,20,31,33,36-38,41-43H,3-11,13,15,17-19,21-30,32,34-35H2,1-2H3,(H,40,44)/b14-12-,20-16-,33-31+. The lowest BCUT2D eigenvalue weighted by Gasteiger charge is -2.21. The van der Waals surface area contributed by atoms with Gasteiger partial charge in [-0.2, -0.15) is 0 Å². The van der Waals surface area contributed by atoms with Gasteiger partial charge >= 0.3 is 0 Å². The van der Waals surface area contributed by atoms with Crippen LogP contribution in [-0.4, -0.2) is 46.1 Å². The van der Waals surface area contributed by atoms with Gasteiger partial charge in [-0.15, -0.1) is 0 Å². The van der Waals surface area contributed by atoms with Gasteiger partial charge in [0.1, 0.15) is 0 Å². The summed E-state index contributed by atoms with van der Waals surface area (Å²) >= 11 is 0. The zero-order valence-corrected chi connectivity index (χ0v) is 29.0. The van der Waals surface area contributed by atoms with E-state index in [2.05, 4.69) is 43.5 Å². The normalized spacial score (nSPS) is 14.2. The van der Waals surface area contributed by atoms with Gasteiger partial charge in [0.05, 0.1) is 31.3 Å². The molecule has 1 amide bonds. The first-order chi connectivity index (χ1) is 21.5. The zero-order valence-electron chi connectivity index (χ0n) is 29.0. The second-order valence-corrected chi connectivity index (χ2v) is 12.9. The summed E-state index contributed by atoms with van der Waals surface area (Å²) in [5, 5.41) is 33.0. The number of carbonyl (C=O) groups excluding carboxylic acids is 1. The van der Waals surface area contributed by atoms with Gasteiger partial charge in [-0.25, -0.2) is 0 Å². The van der Waals surface area contributed by atoms with Crippen molar-refractivity contribution in [1.29, 1.82) is 0 Å². The highest BCUT2D eigenvalue weighted by Gasteiger charge is 2.20. The van der Waals surface area contributed by atoms with E-state index < -0.39 is 18.2 Å². The number of aliphatic hydroxyl groups is 3. The minimum atomic E-state index is -0.932. The Morgan fingerprint density at radius 3 is 1.50 bits per heavy atom. The number of hydrogen-bond donors (Lipinski definition) is 4. The Hall–Kier alpha value is -1.43. The molecule has 0 aromatic carbocycles. The van der Waals surface area contributed by atoms with E-state index in [1.807, 2.05) is 6.08 Å². The van der Waals surface area contributed by atoms with Gasteiger partial charge in [-0.3, -0.25) is 4.79 Å². The number of rotatable bonds is 33. The third-order valence-corrected chi connectivity index (χ3v) is 8.45. The first-order valence-electron chi connectivity index (χ1n) is 18.8. The van der Waals surface area contributed by atoms with Gasteiger partial charge in [0, 0.05) is 0 Å². The summed E-state index contributed by atoms with van der Waals surface area (Å²) < 4.78 is 0. The van der Waals surface area contributed by atoms with Crippen LogP contribution in [0.5, 0.6) is 0 Å². The lowest BCUT2D eigenvalue weighted by Crippen LogP contribution is -2.45. The predicted molar refractivity (Wildman–Crippen MR) is 190 cm³/mol. The smallest absolute Gasteiger partial charge is 0.222 e. The molecule has 5 heteroatoms. The van der Waals surface area contributed by atoms with E-state index in [9.17, 15) is 20.1 Å². The van der Waals surface area contributed by atoms with E-state index in [0.29, 0.717) is 6.42 Å². The third-order valence-electron chi connectivity index (χ3n) is 8.45. The molecule has 0 saturated heterocycles. The Morgan fingerprint density at radius 1 is 0.591 bits per heavy atom. The van der Waals surface area contributed by atoms with E-state index in [1.54, 1.807) is 6.08 Å². The molecule has 0 aliphatic heterocycles. The molecule has 258 valence electrons. The van der Waals surface area contributed by atoms with Crippen molar-refractivity contribution in [3.8, 4) is 0 Å². The van der Waals surface area contributed by atoms with Crippen LogP contribution in [0.4, 0.5) is 0 Å². The summed E-state index contributed by atoms with van der Waals surface area (Å²) in [6, 6.07) is -0.749. The van der Waals surface area contributed by atoms with Crippen molar-refractivity contribution in [2.24, 2.45) is 0 Å². The molecular weight excluding hydrogens is 546 g/mol. The topological polar surface area (TPSA) is 89.8 Å². The number of aliphatic hydroxyl groups excluding tert-OH is 3. The summed E-state index contributed by atoms with van der Waals surface area (Å²) in [6.07, 6.45) is 41.2. The first-order valence-corrected chi connectivity index (χ1v) is 18.8. The fourth-order valence-electron chi connectivity index (χ4n) is 5.50. The van der Waals surface area contributed by atoms with E-state index in [1.165, 1.54) is 103 Å². The van der Waals surface area contributed by atoms with Crippen molar-refractivity contribution in [3.63, 3.8) is 0 Å². The first kappa shape index (κ1) is 42.6. The maximum Gasteiger partial charge on any atom is 0.222 e. The highest BCUT2D eigenvalue weighted by molar-refractivity contribution is 5.76. The maximum absolute atomic E-state index is 12.4. The lowest BCUT2D eigenvalue weighted by atomic mass is 10.0.